The van der Waals surface area contributed by atoms with Gasteiger partial charge in [-0.05, 0) is 12.3 Å². The quantitative estimate of drug-likeness (QED) is 0.553. The summed E-state index contributed by atoms with van der Waals surface area (Å²) in [5, 5.41) is 0. The molecule has 1 rings (SSSR count). The molecule has 0 saturated carbocycles. The third-order valence-electron chi connectivity index (χ3n) is 1.63. The van der Waals surface area contributed by atoms with Gasteiger partial charge in [0.05, 0.1) is 12.7 Å². The number of hydrogen-bond acceptors (Lipinski definition) is 3. The second-order valence-electron chi connectivity index (χ2n) is 2.34. The maximum Gasteiger partial charge on any atom is 0.154 e. The lowest BCUT2D eigenvalue weighted by molar-refractivity contribution is 0.111. The highest BCUT2D eigenvalue weighted by molar-refractivity contribution is 7.98. The van der Waals surface area contributed by atoms with Crippen LogP contribution >= 0.6 is 11.8 Å². The van der Waals surface area contributed by atoms with Crippen molar-refractivity contribution in [3.05, 3.63) is 23.5 Å². The van der Waals surface area contributed by atoms with Crippen molar-refractivity contribution in [3.63, 3.8) is 0 Å². The van der Waals surface area contributed by atoms with Gasteiger partial charge < -0.3 is 4.74 Å². The van der Waals surface area contributed by atoms with Crippen LogP contribution in [-0.4, -0.2) is 19.7 Å². The molecule has 0 N–H and O–H groups in total. The number of methoxy groups -OCH3 is 1. The Balaban J connectivity index is 3.33. The summed E-state index contributed by atoms with van der Waals surface area (Å²) in [5.41, 5.74) is 0.399. The van der Waals surface area contributed by atoms with Crippen LogP contribution in [0.25, 0.3) is 0 Å². The summed E-state index contributed by atoms with van der Waals surface area (Å²) in [7, 11) is 1.41. The lowest BCUT2D eigenvalue weighted by Crippen LogP contribution is -1.94. The van der Waals surface area contributed by atoms with Gasteiger partial charge in [-0.2, -0.15) is 0 Å². The molecule has 0 heterocycles. The molecule has 0 fully saturated rings. The molecule has 13 heavy (non-hydrogen) atoms. The van der Waals surface area contributed by atoms with E-state index in [9.17, 15) is 9.18 Å². The predicted molar refractivity (Wildman–Crippen MR) is 50.1 cm³/mol. The van der Waals surface area contributed by atoms with Crippen molar-refractivity contribution < 1.29 is 13.9 Å². The molecular weight excluding hydrogens is 191 g/mol. The minimum absolute atomic E-state index is 0.277. The highest BCUT2D eigenvalue weighted by Gasteiger charge is 2.09. The normalized spacial score (nSPS) is 9.77. The first-order valence-electron chi connectivity index (χ1n) is 3.59. The first kappa shape index (κ1) is 10.1. The van der Waals surface area contributed by atoms with E-state index in [2.05, 4.69) is 0 Å². The summed E-state index contributed by atoms with van der Waals surface area (Å²) in [6.45, 7) is 0. The van der Waals surface area contributed by atoms with Crippen molar-refractivity contribution in [3.8, 4) is 5.75 Å². The molecule has 0 radical (unpaired) electrons. The smallest absolute Gasteiger partial charge is 0.154 e. The van der Waals surface area contributed by atoms with Crippen LogP contribution in [0.5, 0.6) is 5.75 Å². The number of aldehydes is 1. The molecule has 0 aliphatic heterocycles. The highest BCUT2D eigenvalue weighted by Crippen LogP contribution is 2.28. The van der Waals surface area contributed by atoms with Gasteiger partial charge in [0.1, 0.15) is 11.6 Å². The third kappa shape index (κ3) is 2.01. The first-order valence-corrected chi connectivity index (χ1v) is 4.82. The molecule has 0 bridgehead atoms. The van der Waals surface area contributed by atoms with Crippen LogP contribution in [0.2, 0.25) is 0 Å². The molecule has 4 heteroatoms. The number of carbonyl (C=O) groups is 1. The van der Waals surface area contributed by atoms with Crippen LogP contribution in [-0.2, 0) is 0 Å². The number of hydrogen-bond donors (Lipinski definition) is 0. The minimum Gasteiger partial charge on any atom is -0.496 e. The lowest BCUT2D eigenvalue weighted by atomic mass is 10.2. The van der Waals surface area contributed by atoms with Gasteiger partial charge in [-0.3, -0.25) is 4.79 Å². The van der Waals surface area contributed by atoms with Gasteiger partial charge in [-0.25, -0.2) is 4.39 Å². The van der Waals surface area contributed by atoms with E-state index in [0.717, 1.165) is 0 Å². The Kier molecular flexibility index (Phi) is 3.31. The molecule has 0 aromatic heterocycles. The van der Waals surface area contributed by atoms with Crippen LogP contribution < -0.4 is 4.74 Å². The molecule has 1 aromatic rings. The summed E-state index contributed by atoms with van der Waals surface area (Å²) >= 11 is 1.31. The fraction of sp³-hybridized carbons (Fsp3) is 0.222. The Morgan fingerprint density at radius 1 is 1.54 bits per heavy atom. The summed E-state index contributed by atoms with van der Waals surface area (Å²) in [4.78, 5) is 11.3. The van der Waals surface area contributed by atoms with Crippen molar-refractivity contribution in [1.82, 2.24) is 0 Å². The fourth-order valence-corrected chi connectivity index (χ4v) is 1.62. The number of carbonyl (C=O) groups excluding carboxylic acids is 1. The second kappa shape index (κ2) is 4.28. The largest absolute Gasteiger partial charge is 0.496 e. The van der Waals surface area contributed by atoms with E-state index in [4.69, 9.17) is 4.74 Å². The van der Waals surface area contributed by atoms with Crippen LogP contribution in [0, 0.1) is 5.82 Å². The SMILES string of the molecule is COc1cc(F)cc(SC)c1C=O. The van der Waals surface area contributed by atoms with Gasteiger partial charge in [-0.1, -0.05) is 0 Å². The Morgan fingerprint density at radius 2 is 2.23 bits per heavy atom. The van der Waals surface area contributed by atoms with E-state index in [0.29, 0.717) is 16.7 Å². The monoisotopic (exact) mass is 200 g/mol. The second-order valence-corrected chi connectivity index (χ2v) is 3.19. The Hall–Kier alpha value is -1.03. The van der Waals surface area contributed by atoms with Crippen LogP contribution in [0.15, 0.2) is 17.0 Å². The minimum atomic E-state index is -0.396. The predicted octanol–water partition coefficient (Wildman–Crippen LogP) is 2.37. The lowest BCUT2D eigenvalue weighted by Gasteiger charge is -2.07. The van der Waals surface area contributed by atoms with E-state index < -0.39 is 5.82 Å². The number of ether oxygens (including phenoxy) is 1. The van der Waals surface area contributed by atoms with Crippen LogP contribution in [0.1, 0.15) is 10.4 Å². The zero-order valence-corrected chi connectivity index (χ0v) is 8.15. The summed E-state index contributed by atoms with van der Waals surface area (Å²) < 4.78 is 17.8. The van der Waals surface area contributed by atoms with E-state index in [-0.39, 0.29) is 5.75 Å². The Morgan fingerprint density at radius 3 is 2.69 bits per heavy atom. The van der Waals surface area contributed by atoms with Gasteiger partial charge in [0.25, 0.3) is 0 Å². The average molecular weight is 200 g/mol. The fourth-order valence-electron chi connectivity index (χ4n) is 1.02. The molecule has 2 nitrogen and oxygen atoms in total. The zero-order valence-electron chi connectivity index (χ0n) is 7.33. The van der Waals surface area contributed by atoms with E-state index in [1.54, 1.807) is 6.26 Å². The maximum absolute atomic E-state index is 12.9. The van der Waals surface area contributed by atoms with Gasteiger partial charge in [0, 0.05) is 11.0 Å². The molecule has 0 unspecified atom stereocenters. The summed E-state index contributed by atoms with van der Waals surface area (Å²) in [6.07, 6.45) is 2.45. The zero-order chi connectivity index (χ0) is 9.84. The van der Waals surface area contributed by atoms with Crippen LogP contribution in [0.3, 0.4) is 0 Å². The van der Waals surface area contributed by atoms with E-state index >= 15 is 0 Å². The standard InChI is InChI=1S/C9H9FO2S/c1-12-8-3-6(10)4-9(13-2)7(8)5-11/h3-5H,1-2H3. The number of thioether (sulfide) groups is 1. The molecule has 0 atom stereocenters. The molecule has 0 aliphatic carbocycles. The number of halogens is 1. The van der Waals surface area contributed by atoms with E-state index in [1.165, 1.54) is 31.0 Å². The third-order valence-corrected chi connectivity index (χ3v) is 2.40. The average Bonchev–Trinajstić information content (AvgIpc) is 2.16. The number of rotatable bonds is 3. The highest BCUT2D eigenvalue weighted by atomic mass is 32.2. The Bertz CT molecular complexity index is 300. The molecule has 70 valence electrons. The van der Waals surface area contributed by atoms with Crippen molar-refractivity contribution >= 4 is 18.0 Å². The molecule has 0 saturated heterocycles. The van der Waals surface area contributed by atoms with Crippen molar-refractivity contribution in [2.24, 2.45) is 0 Å². The molecular formula is C9H9FO2S. The van der Waals surface area contributed by atoms with Crippen molar-refractivity contribution in [2.45, 2.75) is 4.90 Å². The van der Waals surface area contributed by atoms with Gasteiger partial charge in [0.2, 0.25) is 0 Å². The summed E-state index contributed by atoms with van der Waals surface area (Å²) in [6, 6.07) is 2.51. The van der Waals surface area contributed by atoms with Gasteiger partial charge in [-0.15, -0.1) is 11.8 Å². The van der Waals surface area contributed by atoms with Crippen molar-refractivity contribution in [2.75, 3.05) is 13.4 Å². The molecule has 0 spiro atoms. The first-order chi connectivity index (χ1) is 6.22. The van der Waals surface area contributed by atoms with Crippen molar-refractivity contribution in [1.29, 1.82) is 0 Å². The molecule has 0 aliphatic rings. The molecule has 1 aromatic carbocycles. The number of benzene rings is 1. The van der Waals surface area contributed by atoms with E-state index in [1.807, 2.05) is 0 Å². The van der Waals surface area contributed by atoms with Gasteiger partial charge in [0.15, 0.2) is 6.29 Å². The summed E-state index contributed by atoms with van der Waals surface area (Å²) in [5.74, 6) is -0.119. The van der Waals surface area contributed by atoms with Crippen LogP contribution in [0.4, 0.5) is 4.39 Å². The van der Waals surface area contributed by atoms with Gasteiger partial charge >= 0.3 is 0 Å². The Labute approximate surface area is 80.1 Å². The maximum atomic E-state index is 12.9. The topological polar surface area (TPSA) is 26.3 Å². The molecule has 0 amide bonds.